The highest BCUT2D eigenvalue weighted by molar-refractivity contribution is 7.17. The minimum Gasteiger partial charge on any atom is -0.462 e. The maximum Gasteiger partial charge on any atom is 0.339 e. The predicted molar refractivity (Wildman–Crippen MR) is 110 cm³/mol. The molecule has 4 rings (SSSR count). The fourth-order valence-corrected chi connectivity index (χ4v) is 3.81. The second-order valence-electron chi connectivity index (χ2n) is 6.61. The molecule has 30 heavy (non-hydrogen) atoms. The number of rotatable bonds is 7. The highest BCUT2D eigenvalue weighted by atomic mass is 32.1. The molecule has 1 amide bonds. The highest BCUT2D eigenvalue weighted by Gasteiger charge is 2.20. The van der Waals surface area contributed by atoms with E-state index in [9.17, 15) is 14.4 Å². The SMILES string of the molecule is CCCCOC(=O)c1csc2ncn(CC(=O)Nc3ccc4c(c3)OCO4)c(=O)c12. The van der Waals surface area contributed by atoms with Crippen molar-refractivity contribution in [1.82, 2.24) is 9.55 Å². The molecule has 0 atom stereocenters. The van der Waals surface area contributed by atoms with E-state index in [1.807, 2.05) is 6.92 Å². The third-order valence-corrected chi connectivity index (χ3v) is 5.37. The van der Waals surface area contributed by atoms with Crippen LogP contribution < -0.4 is 20.3 Å². The summed E-state index contributed by atoms with van der Waals surface area (Å²) in [5.41, 5.74) is 0.223. The van der Waals surface area contributed by atoms with Crippen molar-refractivity contribution in [2.24, 2.45) is 0 Å². The van der Waals surface area contributed by atoms with Crippen LogP contribution in [0.2, 0.25) is 0 Å². The number of thiophene rings is 1. The molecular weight excluding hydrogens is 410 g/mol. The molecule has 0 fully saturated rings. The Hall–Kier alpha value is -3.40. The summed E-state index contributed by atoms with van der Waals surface area (Å²) in [6.45, 7) is 2.16. The molecule has 3 aromatic rings. The first-order chi connectivity index (χ1) is 14.6. The van der Waals surface area contributed by atoms with E-state index in [4.69, 9.17) is 14.2 Å². The number of nitrogens with one attached hydrogen (secondary N) is 1. The van der Waals surface area contributed by atoms with Crippen LogP contribution in [0.4, 0.5) is 5.69 Å². The number of hydrogen-bond donors (Lipinski definition) is 1. The predicted octanol–water partition coefficient (Wildman–Crippen LogP) is 2.78. The zero-order chi connectivity index (χ0) is 21.1. The summed E-state index contributed by atoms with van der Waals surface area (Å²) in [4.78, 5) is 42.3. The van der Waals surface area contributed by atoms with Crippen molar-refractivity contribution in [3.63, 3.8) is 0 Å². The van der Waals surface area contributed by atoms with Gasteiger partial charge in [0.25, 0.3) is 5.56 Å². The lowest BCUT2D eigenvalue weighted by atomic mass is 10.2. The largest absolute Gasteiger partial charge is 0.462 e. The van der Waals surface area contributed by atoms with E-state index in [1.165, 1.54) is 22.2 Å². The maximum atomic E-state index is 12.9. The van der Waals surface area contributed by atoms with Crippen LogP contribution in [0.25, 0.3) is 10.2 Å². The topological polar surface area (TPSA) is 109 Å². The summed E-state index contributed by atoms with van der Waals surface area (Å²) in [5.74, 6) is 0.169. The molecule has 0 saturated carbocycles. The molecule has 156 valence electrons. The van der Waals surface area contributed by atoms with Crippen LogP contribution in [-0.4, -0.2) is 34.8 Å². The lowest BCUT2D eigenvalue weighted by Gasteiger charge is -2.08. The van der Waals surface area contributed by atoms with Gasteiger partial charge in [0.1, 0.15) is 11.4 Å². The highest BCUT2D eigenvalue weighted by Crippen LogP contribution is 2.34. The van der Waals surface area contributed by atoms with Crippen molar-refractivity contribution < 1.29 is 23.8 Å². The molecule has 0 bridgehead atoms. The van der Waals surface area contributed by atoms with Crippen LogP contribution >= 0.6 is 11.3 Å². The van der Waals surface area contributed by atoms with Gasteiger partial charge in [-0.15, -0.1) is 11.3 Å². The molecule has 9 nitrogen and oxygen atoms in total. The number of anilines is 1. The molecule has 3 heterocycles. The van der Waals surface area contributed by atoms with Gasteiger partial charge in [-0.25, -0.2) is 9.78 Å². The number of esters is 1. The summed E-state index contributed by atoms with van der Waals surface area (Å²) in [7, 11) is 0. The number of benzene rings is 1. The minimum absolute atomic E-state index is 0.137. The summed E-state index contributed by atoms with van der Waals surface area (Å²) in [6, 6.07) is 5.02. The lowest BCUT2D eigenvalue weighted by Crippen LogP contribution is -2.28. The van der Waals surface area contributed by atoms with Crippen molar-refractivity contribution in [1.29, 1.82) is 0 Å². The molecule has 1 N–H and O–H groups in total. The van der Waals surface area contributed by atoms with Crippen molar-refractivity contribution in [3.8, 4) is 11.5 Å². The number of carbonyl (C=O) groups is 2. The third-order valence-electron chi connectivity index (χ3n) is 4.48. The molecule has 0 unspecified atom stereocenters. The van der Waals surface area contributed by atoms with Crippen LogP contribution in [0.15, 0.2) is 34.7 Å². The van der Waals surface area contributed by atoms with E-state index in [2.05, 4.69) is 10.3 Å². The summed E-state index contributed by atoms with van der Waals surface area (Å²) < 4.78 is 16.9. The summed E-state index contributed by atoms with van der Waals surface area (Å²) >= 11 is 1.19. The molecule has 2 aromatic heterocycles. The zero-order valence-corrected chi connectivity index (χ0v) is 17.0. The maximum absolute atomic E-state index is 12.9. The molecule has 0 aliphatic carbocycles. The van der Waals surface area contributed by atoms with E-state index in [0.29, 0.717) is 28.6 Å². The van der Waals surface area contributed by atoms with Gasteiger partial charge in [0, 0.05) is 17.1 Å². The van der Waals surface area contributed by atoms with Gasteiger partial charge < -0.3 is 19.5 Å². The molecule has 1 aliphatic heterocycles. The molecule has 0 saturated heterocycles. The number of carbonyl (C=O) groups excluding carboxylic acids is 2. The minimum atomic E-state index is -0.559. The fraction of sp³-hybridized carbons (Fsp3) is 0.300. The summed E-state index contributed by atoms with van der Waals surface area (Å²) in [5, 5.41) is 4.44. The second kappa shape index (κ2) is 8.54. The number of ether oxygens (including phenoxy) is 3. The quantitative estimate of drug-likeness (QED) is 0.454. The van der Waals surface area contributed by atoms with Gasteiger partial charge in [-0.1, -0.05) is 13.3 Å². The van der Waals surface area contributed by atoms with Crippen LogP contribution in [-0.2, 0) is 16.1 Å². The van der Waals surface area contributed by atoms with Gasteiger partial charge in [0.2, 0.25) is 12.7 Å². The van der Waals surface area contributed by atoms with E-state index >= 15 is 0 Å². The zero-order valence-electron chi connectivity index (χ0n) is 16.2. The van der Waals surface area contributed by atoms with Crippen LogP contribution in [0.3, 0.4) is 0 Å². The normalized spacial score (nSPS) is 12.2. The van der Waals surface area contributed by atoms with Gasteiger partial charge in [-0.2, -0.15) is 0 Å². The Kier molecular flexibility index (Phi) is 5.66. The van der Waals surface area contributed by atoms with Crippen LogP contribution in [0.5, 0.6) is 11.5 Å². The number of hydrogen-bond acceptors (Lipinski definition) is 8. The monoisotopic (exact) mass is 429 g/mol. The van der Waals surface area contributed by atoms with Crippen LogP contribution in [0.1, 0.15) is 30.1 Å². The average Bonchev–Trinajstić information content (AvgIpc) is 3.37. The van der Waals surface area contributed by atoms with Crippen molar-refractivity contribution in [2.75, 3.05) is 18.7 Å². The Morgan fingerprint density at radius 1 is 1.30 bits per heavy atom. The first-order valence-corrected chi connectivity index (χ1v) is 10.3. The Morgan fingerprint density at radius 2 is 2.13 bits per heavy atom. The van der Waals surface area contributed by atoms with Crippen molar-refractivity contribution in [2.45, 2.75) is 26.3 Å². The van der Waals surface area contributed by atoms with E-state index < -0.39 is 17.4 Å². The first-order valence-electron chi connectivity index (χ1n) is 9.40. The second-order valence-corrected chi connectivity index (χ2v) is 7.47. The van der Waals surface area contributed by atoms with Gasteiger partial charge >= 0.3 is 5.97 Å². The number of fused-ring (bicyclic) bond motifs is 2. The number of amides is 1. The smallest absolute Gasteiger partial charge is 0.339 e. The molecule has 0 radical (unpaired) electrons. The fourth-order valence-electron chi connectivity index (χ4n) is 2.95. The van der Waals surface area contributed by atoms with E-state index in [0.717, 1.165) is 12.8 Å². The molecule has 0 spiro atoms. The molecule has 10 heteroatoms. The molecule has 1 aliphatic rings. The van der Waals surface area contributed by atoms with E-state index in [1.54, 1.807) is 23.6 Å². The average molecular weight is 429 g/mol. The van der Waals surface area contributed by atoms with Gasteiger partial charge in [-0.05, 0) is 18.6 Å². The van der Waals surface area contributed by atoms with Gasteiger partial charge in [-0.3, -0.25) is 14.2 Å². The Bertz CT molecular complexity index is 1170. The van der Waals surface area contributed by atoms with E-state index in [-0.39, 0.29) is 24.3 Å². The van der Waals surface area contributed by atoms with Crippen molar-refractivity contribution >= 4 is 39.1 Å². The molecular formula is C20H19N3O6S. The standard InChI is InChI=1S/C20H19N3O6S/c1-2-3-6-27-20(26)13-9-30-18-17(13)19(25)23(10-21-18)8-16(24)22-12-4-5-14-15(7-12)29-11-28-14/h4-5,7,9-10H,2-3,6,8,11H2,1H3,(H,22,24). The summed E-state index contributed by atoms with van der Waals surface area (Å²) in [6.07, 6.45) is 2.94. The number of unbranched alkanes of at least 4 members (excludes halogenated alkanes) is 1. The Morgan fingerprint density at radius 3 is 2.97 bits per heavy atom. The number of nitrogens with zero attached hydrogens (tertiary/aromatic N) is 2. The van der Waals surface area contributed by atoms with Crippen molar-refractivity contribution in [3.05, 3.63) is 45.8 Å². The Labute approximate surface area is 175 Å². The van der Waals surface area contributed by atoms with Crippen LogP contribution in [0, 0.1) is 0 Å². The molecule has 1 aromatic carbocycles. The van der Waals surface area contributed by atoms with Gasteiger partial charge in [0.15, 0.2) is 11.5 Å². The lowest BCUT2D eigenvalue weighted by molar-refractivity contribution is -0.116. The Balaban J connectivity index is 1.52. The van der Waals surface area contributed by atoms with Gasteiger partial charge in [0.05, 0.1) is 23.9 Å². The first kappa shape index (κ1) is 19.9. The number of aromatic nitrogens is 2. The third kappa shape index (κ3) is 3.99.